The van der Waals surface area contributed by atoms with Crippen LogP contribution in [0.15, 0.2) is 6.07 Å². The van der Waals surface area contributed by atoms with Crippen molar-refractivity contribution in [2.24, 2.45) is 7.05 Å². The average Bonchev–Trinajstić information content (AvgIpc) is 2.56. The SMILES string of the molecule is CC(C)NCC(O)c1cc(C(F)(F)F)nn1C. The molecule has 1 aromatic heterocycles. The minimum atomic E-state index is -4.48. The molecule has 0 spiro atoms. The van der Waals surface area contributed by atoms with Crippen molar-refractivity contribution in [1.82, 2.24) is 15.1 Å². The van der Waals surface area contributed by atoms with Crippen molar-refractivity contribution in [3.05, 3.63) is 17.5 Å². The molecule has 4 nitrogen and oxygen atoms in total. The summed E-state index contributed by atoms with van der Waals surface area (Å²) in [7, 11) is 1.38. The molecule has 98 valence electrons. The second-order valence-corrected chi connectivity index (χ2v) is 4.15. The first-order valence-corrected chi connectivity index (χ1v) is 5.24. The van der Waals surface area contributed by atoms with Crippen LogP contribution in [0.3, 0.4) is 0 Å². The van der Waals surface area contributed by atoms with Crippen LogP contribution in [0.25, 0.3) is 0 Å². The van der Waals surface area contributed by atoms with Gasteiger partial charge in [0, 0.05) is 19.6 Å². The lowest BCUT2D eigenvalue weighted by Crippen LogP contribution is -2.28. The summed E-state index contributed by atoms with van der Waals surface area (Å²) in [5.41, 5.74) is -0.843. The van der Waals surface area contributed by atoms with Crippen LogP contribution >= 0.6 is 0 Å². The van der Waals surface area contributed by atoms with Gasteiger partial charge >= 0.3 is 6.18 Å². The Morgan fingerprint density at radius 2 is 2.06 bits per heavy atom. The molecule has 1 aromatic rings. The van der Waals surface area contributed by atoms with E-state index in [1.165, 1.54) is 7.05 Å². The summed E-state index contributed by atoms with van der Waals surface area (Å²) in [6, 6.07) is 1.02. The van der Waals surface area contributed by atoms with Gasteiger partial charge in [-0.2, -0.15) is 18.3 Å². The van der Waals surface area contributed by atoms with Crippen LogP contribution < -0.4 is 5.32 Å². The van der Waals surface area contributed by atoms with E-state index < -0.39 is 18.0 Å². The molecule has 0 saturated heterocycles. The lowest BCUT2D eigenvalue weighted by Gasteiger charge is -2.13. The summed E-state index contributed by atoms with van der Waals surface area (Å²) in [4.78, 5) is 0. The Balaban J connectivity index is 2.80. The highest BCUT2D eigenvalue weighted by atomic mass is 19.4. The van der Waals surface area contributed by atoms with Gasteiger partial charge in [-0.05, 0) is 6.07 Å². The van der Waals surface area contributed by atoms with E-state index in [-0.39, 0.29) is 18.3 Å². The lowest BCUT2D eigenvalue weighted by atomic mass is 10.2. The molecule has 0 amide bonds. The van der Waals surface area contributed by atoms with Gasteiger partial charge in [-0.15, -0.1) is 0 Å². The van der Waals surface area contributed by atoms with Crippen LogP contribution in [-0.2, 0) is 13.2 Å². The summed E-state index contributed by atoms with van der Waals surface area (Å²) in [6.45, 7) is 3.96. The molecule has 1 heterocycles. The molecule has 0 radical (unpaired) electrons. The molecule has 0 bridgehead atoms. The predicted octanol–water partition coefficient (Wildman–Crippen LogP) is 1.47. The molecule has 2 N–H and O–H groups in total. The highest BCUT2D eigenvalue weighted by Gasteiger charge is 2.35. The Kier molecular flexibility index (Phi) is 4.16. The zero-order valence-electron chi connectivity index (χ0n) is 9.91. The second kappa shape index (κ2) is 5.05. The van der Waals surface area contributed by atoms with Gasteiger partial charge in [0.2, 0.25) is 0 Å². The topological polar surface area (TPSA) is 50.1 Å². The van der Waals surface area contributed by atoms with E-state index >= 15 is 0 Å². The smallest absolute Gasteiger partial charge is 0.385 e. The number of hydrogen-bond donors (Lipinski definition) is 2. The van der Waals surface area contributed by atoms with Crippen LogP contribution in [0.2, 0.25) is 0 Å². The molecule has 0 aliphatic heterocycles. The number of nitrogens with zero attached hydrogens (tertiary/aromatic N) is 2. The van der Waals surface area contributed by atoms with Crippen molar-refractivity contribution < 1.29 is 18.3 Å². The van der Waals surface area contributed by atoms with Gasteiger partial charge < -0.3 is 10.4 Å². The molecule has 1 unspecified atom stereocenters. The quantitative estimate of drug-likeness (QED) is 0.852. The van der Waals surface area contributed by atoms with Crippen LogP contribution in [0.1, 0.15) is 31.3 Å². The minimum Gasteiger partial charge on any atom is -0.385 e. The first-order chi connectivity index (χ1) is 7.71. The molecule has 0 aliphatic carbocycles. The van der Waals surface area contributed by atoms with E-state index in [1.807, 2.05) is 13.8 Å². The normalized spacial score (nSPS) is 14.4. The molecule has 0 fully saturated rings. The van der Waals surface area contributed by atoms with Crippen molar-refractivity contribution in [2.75, 3.05) is 6.54 Å². The first kappa shape index (κ1) is 14.0. The number of aryl methyl sites for hydroxylation is 1. The Morgan fingerprint density at radius 1 is 1.47 bits per heavy atom. The van der Waals surface area contributed by atoms with Crippen LogP contribution in [-0.4, -0.2) is 27.5 Å². The van der Waals surface area contributed by atoms with Gasteiger partial charge in [0.05, 0.1) is 5.69 Å². The van der Waals surface area contributed by atoms with E-state index in [0.29, 0.717) is 0 Å². The maximum Gasteiger partial charge on any atom is 0.435 e. The van der Waals surface area contributed by atoms with E-state index in [9.17, 15) is 18.3 Å². The fourth-order valence-corrected chi connectivity index (χ4v) is 1.38. The molecular weight excluding hydrogens is 235 g/mol. The number of nitrogens with one attached hydrogen (secondary N) is 1. The van der Waals surface area contributed by atoms with Crippen molar-refractivity contribution in [3.8, 4) is 0 Å². The summed E-state index contributed by atoms with van der Waals surface area (Å²) < 4.78 is 38.2. The summed E-state index contributed by atoms with van der Waals surface area (Å²) in [5.74, 6) is 0. The molecule has 1 rings (SSSR count). The van der Waals surface area contributed by atoms with Crippen LogP contribution in [0, 0.1) is 0 Å². The minimum absolute atomic E-state index is 0.144. The van der Waals surface area contributed by atoms with Crippen LogP contribution in [0.5, 0.6) is 0 Å². The molecule has 7 heteroatoms. The number of aliphatic hydroxyl groups is 1. The van der Waals surface area contributed by atoms with Gasteiger partial charge in [-0.1, -0.05) is 13.8 Å². The fraction of sp³-hybridized carbons (Fsp3) is 0.700. The number of rotatable bonds is 4. The van der Waals surface area contributed by atoms with Crippen molar-refractivity contribution in [3.63, 3.8) is 0 Å². The summed E-state index contributed by atoms with van der Waals surface area (Å²) >= 11 is 0. The van der Waals surface area contributed by atoms with E-state index in [2.05, 4.69) is 10.4 Å². The predicted molar refractivity (Wildman–Crippen MR) is 56.3 cm³/mol. The van der Waals surface area contributed by atoms with E-state index in [1.54, 1.807) is 0 Å². The van der Waals surface area contributed by atoms with E-state index in [4.69, 9.17) is 0 Å². The third-order valence-electron chi connectivity index (χ3n) is 2.27. The van der Waals surface area contributed by atoms with Crippen molar-refractivity contribution in [1.29, 1.82) is 0 Å². The number of halogens is 3. The maximum absolute atomic E-state index is 12.4. The Hall–Kier alpha value is -1.08. The van der Waals surface area contributed by atoms with Gasteiger partial charge in [0.1, 0.15) is 6.10 Å². The van der Waals surface area contributed by atoms with Crippen molar-refractivity contribution in [2.45, 2.75) is 32.2 Å². The average molecular weight is 251 g/mol. The molecule has 17 heavy (non-hydrogen) atoms. The molecular formula is C10H16F3N3O. The molecule has 0 saturated carbocycles. The number of hydrogen-bond acceptors (Lipinski definition) is 3. The monoisotopic (exact) mass is 251 g/mol. The molecule has 0 aromatic carbocycles. The number of alkyl halides is 3. The number of aliphatic hydroxyl groups excluding tert-OH is 1. The highest BCUT2D eigenvalue weighted by molar-refractivity contribution is 5.15. The van der Waals surface area contributed by atoms with Crippen molar-refractivity contribution >= 4 is 0 Å². The van der Waals surface area contributed by atoms with E-state index in [0.717, 1.165) is 10.7 Å². The summed E-state index contributed by atoms with van der Waals surface area (Å²) in [5, 5.41) is 16.0. The maximum atomic E-state index is 12.4. The van der Waals surface area contributed by atoms with Crippen LogP contribution in [0.4, 0.5) is 13.2 Å². The fourth-order valence-electron chi connectivity index (χ4n) is 1.38. The van der Waals surface area contributed by atoms with Gasteiger partial charge in [-0.3, -0.25) is 4.68 Å². The first-order valence-electron chi connectivity index (χ1n) is 5.24. The van der Waals surface area contributed by atoms with Gasteiger partial charge in [0.15, 0.2) is 5.69 Å². The van der Waals surface area contributed by atoms with Gasteiger partial charge in [0.25, 0.3) is 0 Å². The zero-order chi connectivity index (χ0) is 13.2. The Morgan fingerprint density at radius 3 is 2.47 bits per heavy atom. The zero-order valence-corrected chi connectivity index (χ0v) is 9.91. The highest BCUT2D eigenvalue weighted by Crippen LogP contribution is 2.29. The second-order valence-electron chi connectivity index (χ2n) is 4.15. The third-order valence-corrected chi connectivity index (χ3v) is 2.27. The van der Waals surface area contributed by atoms with Gasteiger partial charge in [-0.25, -0.2) is 0 Å². The Bertz CT molecular complexity index is 373. The standard InChI is InChI=1S/C10H16F3N3O/c1-6(2)14-5-8(17)7-4-9(10(11,12)13)15-16(7)3/h4,6,8,14,17H,5H2,1-3H3. The molecule has 1 atom stereocenters. The Labute approximate surface area is 97.4 Å². The number of aromatic nitrogens is 2. The summed E-state index contributed by atoms with van der Waals surface area (Å²) in [6.07, 6.45) is -5.49. The lowest BCUT2D eigenvalue weighted by molar-refractivity contribution is -0.141. The third kappa shape index (κ3) is 3.71. The largest absolute Gasteiger partial charge is 0.435 e. The molecule has 0 aliphatic rings.